The molecule has 2 aromatic rings. The van der Waals surface area contributed by atoms with Crippen LogP contribution >= 0.6 is 0 Å². The van der Waals surface area contributed by atoms with Crippen LogP contribution in [0.5, 0.6) is 5.75 Å². The summed E-state index contributed by atoms with van der Waals surface area (Å²) in [6.07, 6.45) is -3.18. The summed E-state index contributed by atoms with van der Waals surface area (Å²) in [5, 5.41) is 21.2. The minimum atomic E-state index is -3.18. The van der Waals surface area contributed by atoms with Crippen LogP contribution in [0.2, 0.25) is 0 Å². The maximum absolute atomic E-state index is 13.0. The molecule has 1 amide bonds. The fraction of sp³-hybridized carbons (Fsp3) is 0.316. The van der Waals surface area contributed by atoms with Crippen molar-refractivity contribution >= 4 is 5.91 Å². The van der Waals surface area contributed by atoms with Crippen LogP contribution in [0.15, 0.2) is 48.5 Å². The Hall–Kier alpha value is -2.55. The van der Waals surface area contributed by atoms with Gasteiger partial charge in [0.25, 0.3) is 12.3 Å². The molecule has 2 rings (SSSR count). The maximum atomic E-state index is 13.0. The van der Waals surface area contributed by atoms with Gasteiger partial charge in [-0.25, -0.2) is 14.3 Å². The van der Waals surface area contributed by atoms with Crippen molar-refractivity contribution in [3.05, 3.63) is 54.1 Å². The fourth-order valence-electron chi connectivity index (χ4n) is 2.59. The third kappa shape index (κ3) is 5.00. The smallest absolute Gasteiger partial charge is 0.268 e. The van der Waals surface area contributed by atoms with Gasteiger partial charge in [0.15, 0.2) is 0 Å². The molecule has 0 fully saturated rings. The zero-order valence-corrected chi connectivity index (χ0v) is 14.9. The van der Waals surface area contributed by atoms with E-state index in [1.54, 1.807) is 19.2 Å². The number of alkyl halides is 2. The summed E-state index contributed by atoms with van der Waals surface area (Å²) in [7, 11) is 1.58. The van der Waals surface area contributed by atoms with Crippen molar-refractivity contribution in [2.45, 2.75) is 31.5 Å². The van der Waals surface area contributed by atoms with E-state index in [4.69, 9.17) is 9.94 Å². The lowest BCUT2D eigenvalue weighted by molar-refractivity contribution is -0.150. The highest BCUT2D eigenvalue weighted by molar-refractivity contribution is 5.82. The van der Waals surface area contributed by atoms with Gasteiger partial charge in [0.05, 0.1) is 7.11 Å². The molecule has 0 bridgehead atoms. The van der Waals surface area contributed by atoms with E-state index in [1.807, 2.05) is 36.4 Å². The number of hydroxylamine groups is 1. The Balaban J connectivity index is 2.11. The first kappa shape index (κ1) is 20.8. The van der Waals surface area contributed by atoms with Gasteiger partial charge in [0.2, 0.25) is 0 Å². The van der Waals surface area contributed by atoms with Crippen molar-refractivity contribution in [2.24, 2.45) is 0 Å². The van der Waals surface area contributed by atoms with E-state index in [2.05, 4.69) is 5.32 Å². The van der Waals surface area contributed by atoms with E-state index in [-0.39, 0.29) is 6.54 Å². The largest absolute Gasteiger partial charge is 0.497 e. The lowest BCUT2D eigenvalue weighted by atomic mass is 9.95. The van der Waals surface area contributed by atoms with Crippen LogP contribution in [-0.4, -0.2) is 41.4 Å². The highest BCUT2D eigenvalue weighted by Crippen LogP contribution is 2.24. The van der Waals surface area contributed by atoms with Crippen LogP contribution in [-0.2, 0) is 11.3 Å². The number of hydrogen-bond donors (Lipinski definition) is 4. The molecule has 146 valence electrons. The van der Waals surface area contributed by atoms with E-state index < -0.39 is 24.0 Å². The molecule has 0 saturated carbocycles. The normalized spacial score (nSPS) is 14.5. The molecule has 8 heteroatoms. The van der Waals surface area contributed by atoms with Crippen molar-refractivity contribution < 1.29 is 28.6 Å². The molecule has 0 aromatic heterocycles. The number of halogens is 2. The van der Waals surface area contributed by atoms with Gasteiger partial charge < -0.3 is 9.84 Å². The average Bonchev–Trinajstić information content (AvgIpc) is 2.68. The zero-order chi connectivity index (χ0) is 20.0. The van der Waals surface area contributed by atoms with Crippen LogP contribution < -0.4 is 15.5 Å². The summed E-state index contributed by atoms with van der Waals surface area (Å²) >= 11 is 0. The zero-order valence-electron chi connectivity index (χ0n) is 14.9. The van der Waals surface area contributed by atoms with Crippen molar-refractivity contribution in [1.29, 1.82) is 0 Å². The molecule has 4 N–H and O–H groups in total. The number of methoxy groups -OCH3 is 1. The summed E-state index contributed by atoms with van der Waals surface area (Å²) < 4.78 is 31.2. The number of carbonyl (C=O) groups is 1. The van der Waals surface area contributed by atoms with Gasteiger partial charge in [0.1, 0.15) is 17.4 Å². The number of ether oxygens (including phenoxy) is 1. The number of aliphatic hydroxyl groups is 1. The van der Waals surface area contributed by atoms with Gasteiger partial charge in [-0.2, -0.15) is 0 Å². The summed E-state index contributed by atoms with van der Waals surface area (Å²) in [6, 6.07) is 13.1. The summed E-state index contributed by atoms with van der Waals surface area (Å²) in [6.45, 7) is 0.871. The lowest BCUT2D eigenvalue weighted by Gasteiger charge is -2.31. The van der Waals surface area contributed by atoms with Gasteiger partial charge in [-0.1, -0.05) is 36.4 Å². The predicted octanol–water partition coefficient (Wildman–Crippen LogP) is 2.34. The monoisotopic (exact) mass is 380 g/mol. The Labute approximate surface area is 155 Å². The summed E-state index contributed by atoms with van der Waals surface area (Å²) in [4.78, 5) is 11.7. The second kappa shape index (κ2) is 8.90. The predicted molar refractivity (Wildman–Crippen MR) is 95.6 cm³/mol. The van der Waals surface area contributed by atoms with E-state index in [0.29, 0.717) is 5.56 Å². The first-order valence-electron chi connectivity index (χ1n) is 8.20. The van der Waals surface area contributed by atoms with Gasteiger partial charge in [-0.15, -0.1) is 0 Å². The standard InChI is InChI=1S/C19H22F2N2O4/c1-19(25,18(20)21)16(17(24)23-26)22-11-12-6-8-13(9-7-12)14-4-3-5-15(10-14)27-2/h3-10,16,18,22,25-26H,11H2,1-2H3,(H,23,24)/t16-,19+/m1/s1. The van der Waals surface area contributed by atoms with Crippen LogP contribution in [0.4, 0.5) is 8.78 Å². The molecule has 6 nitrogen and oxygen atoms in total. The highest BCUT2D eigenvalue weighted by atomic mass is 19.3. The van der Waals surface area contributed by atoms with Gasteiger partial charge >= 0.3 is 0 Å². The highest BCUT2D eigenvalue weighted by Gasteiger charge is 2.44. The van der Waals surface area contributed by atoms with Crippen LogP contribution in [0.25, 0.3) is 11.1 Å². The molecule has 0 aliphatic heterocycles. The molecule has 0 aliphatic carbocycles. The molecule has 0 spiro atoms. The Morgan fingerprint density at radius 2 is 1.85 bits per heavy atom. The Morgan fingerprint density at radius 1 is 1.19 bits per heavy atom. The number of rotatable bonds is 8. The molecule has 0 unspecified atom stereocenters. The number of carbonyl (C=O) groups excluding carboxylic acids is 1. The molecular weight excluding hydrogens is 358 g/mol. The molecule has 0 aliphatic rings. The Morgan fingerprint density at radius 3 is 2.41 bits per heavy atom. The van der Waals surface area contributed by atoms with E-state index >= 15 is 0 Å². The number of benzene rings is 2. The second-order valence-corrected chi connectivity index (χ2v) is 6.25. The molecule has 2 aromatic carbocycles. The average molecular weight is 380 g/mol. The minimum absolute atomic E-state index is 0.0410. The third-order valence-corrected chi connectivity index (χ3v) is 4.27. The molecule has 0 heterocycles. The number of hydrogen-bond acceptors (Lipinski definition) is 5. The number of nitrogens with one attached hydrogen (secondary N) is 2. The topological polar surface area (TPSA) is 90.8 Å². The van der Waals surface area contributed by atoms with Crippen molar-refractivity contribution in [1.82, 2.24) is 10.8 Å². The van der Waals surface area contributed by atoms with Crippen LogP contribution in [0.1, 0.15) is 12.5 Å². The van der Waals surface area contributed by atoms with E-state index in [9.17, 15) is 18.7 Å². The van der Waals surface area contributed by atoms with E-state index in [1.165, 1.54) is 5.48 Å². The lowest BCUT2D eigenvalue weighted by Crippen LogP contribution is -2.60. The van der Waals surface area contributed by atoms with Gasteiger partial charge in [0, 0.05) is 6.54 Å². The van der Waals surface area contributed by atoms with E-state index in [0.717, 1.165) is 23.8 Å². The SMILES string of the molecule is COc1cccc(-c2ccc(CN[C@H](C(=O)NO)[C@](C)(O)C(F)F)cc2)c1. The molecule has 2 atom stereocenters. The quantitative estimate of drug-likeness (QED) is 0.417. The summed E-state index contributed by atoms with van der Waals surface area (Å²) in [5.41, 5.74) is 1.25. The van der Waals surface area contributed by atoms with Crippen molar-refractivity contribution in [3.8, 4) is 16.9 Å². The molecule has 27 heavy (non-hydrogen) atoms. The van der Waals surface area contributed by atoms with Gasteiger partial charge in [-0.05, 0) is 35.7 Å². The van der Waals surface area contributed by atoms with Crippen LogP contribution in [0.3, 0.4) is 0 Å². The number of amides is 1. The first-order chi connectivity index (χ1) is 12.8. The molecule has 0 radical (unpaired) electrons. The van der Waals surface area contributed by atoms with Crippen LogP contribution in [0, 0.1) is 0 Å². The third-order valence-electron chi connectivity index (χ3n) is 4.27. The molecular formula is C19H22F2N2O4. The Kier molecular flexibility index (Phi) is 6.84. The summed E-state index contributed by atoms with van der Waals surface area (Å²) in [5.74, 6) is -0.418. The second-order valence-electron chi connectivity index (χ2n) is 6.25. The Bertz CT molecular complexity index is 767. The molecule has 0 saturated heterocycles. The maximum Gasteiger partial charge on any atom is 0.268 e. The minimum Gasteiger partial charge on any atom is -0.497 e. The first-order valence-corrected chi connectivity index (χ1v) is 8.20. The van der Waals surface area contributed by atoms with Crippen molar-refractivity contribution in [2.75, 3.05) is 7.11 Å². The van der Waals surface area contributed by atoms with Gasteiger partial charge in [-0.3, -0.25) is 15.3 Å². The van der Waals surface area contributed by atoms with Crippen molar-refractivity contribution in [3.63, 3.8) is 0 Å². The fourth-order valence-corrected chi connectivity index (χ4v) is 2.59.